The molecule has 0 aromatic rings. The van der Waals surface area contributed by atoms with Crippen LogP contribution in [0.4, 0.5) is 0 Å². The molecule has 0 nitrogen and oxygen atoms in total. The van der Waals surface area contributed by atoms with Gasteiger partial charge >= 0.3 is 0 Å². The normalized spacial score (nSPS) is 13.0. The molecule has 0 rings (SSSR count). The van der Waals surface area contributed by atoms with Crippen LogP contribution in [0.5, 0.6) is 0 Å². The van der Waals surface area contributed by atoms with Crippen LogP contribution in [0.2, 0.25) is 0 Å². The van der Waals surface area contributed by atoms with Gasteiger partial charge in [0, 0.05) is 0 Å². The minimum Gasteiger partial charge on any atom is -0.0953 e. The van der Waals surface area contributed by atoms with Gasteiger partial charge in [-0.05, 0) is 30.9 Å². The molecule has 0 amide bonds. The van der Waals surface area contributed by atoms with Crippen molar-refractivity contribution in [2.75, 3.05) is 0 Å². The van der Waals surface area contributed by atoms with Crippen molar-refractivity contribution < 1.29 is 0 Å². The first-order valence-corrected chi connectivity index (χ1v) is 4.08. The summed E-state index contributed by atoms with van der Waals surface area (Å²) in [5.74, 6) is 0.552. The van der Waals surface area contributed by atoms with E-state index in [4.69, 9.17) is 0 Å². The fraction of sp³-hybridized carbons (Fsp3) is 0.455. The first-order chi connectivity index (χ1) is 5.09. The van der Waals surface area contributed by atoms with Crippen molar-refractivity contribution in [3.05, 3.63) is 36.0 Å². The lowest BCUT2D eigenvalue weighted by Crippen LogP contribution is -1.92. The van der Waals surface area contributed by atoms with Crippen LogP contribution in [-0.4, -0.2) is 0 Å². The van der Waals surface area contributed by atoms with Crippen molar-refractivity contribution >= 4 is 0 Å². The monoisotopic (exact) mass is 150 g/mol. The van der Waals surface area contributed by atoms with Crippen molar-refractivity contribution in [3.63, 3.8) is 0 Å². The molecule has 0 radical (unpaired) electrons. The van der Waals surface area contributed by atoms with Crippen LogP contribution in [-0.2, 0) is 0 Å². The second kappa shape index (κ2) is 4.95. The molecule has 0 spiro atoms. The average Bonchev–Trinajstić information content (AvgIpc) is 1.98. The third kappa shape index (κ3) is 3.82. The first-order valence-electron chi connectivity index (χ1n) is 4.08. The summed E-state index contributed by atoms with van der Waals surface area (Å²) in [4.78, 5) is 0. The summed E-state index contributed by atoms with van der Waals surface area (Å²) in [6.45, 7) is 12.4. The highest BCUT2D eigenvalue weighted by molar-refractivity contribution is 5.30. The lowest BCUT2D eigenvalue weighted by atomic mass is 9.98. The van der Waals surface area contributed by atoms with Gasteiger partial charge in [-0.2, -0.15) is 0 Å². The summed E-state index contributed by atoms with van der Waals surface area (Å²) >= 11 is 0. The fourth-order valence-electron chi connectivity index (χ4n) is 0.803. The molecular formula is C11H18. The van der Waals surface area contributed by atoms with Crippen LogP contribution in [0, 0.1) is 5.92 Å². The topological polar surface area (TPSA) is 0 Å². The Hall–Kier alpha value is -0.780. The summed E-state index contributed by atoms with van der Waals surface area (Å²) in [5.41, 5.74) is 2.50. The predicted molar refractivity (Wildman–Crippen MR) is 52.5 cm³/mol. The molecule has 0 saturated carbocycles. The maximum absolute atomic E-state index is 4.00. The molecule has 0 aromatic heterocycles. The van der Waals surface area contributed by atoms with Gasteiger partial charge in [0.05, 0.1) is 0 Å². The Morgan fingerprint density at radius 2 is 1.91 bits per heavy atom. The smallest absolute Gasteiger partial charge is 0.0222 e. The van der Waals surface area contributed by atoms with Gasteiger partial charge in [-0.1, -0.05) is 38.7 Å². The quantitative estimate of drug-likeness (QED) is 0.538. The summed E-state index contributed by atoms with van der Waals surface area (Å²) in [7, 11) is 0. The standard InChI is InChI=1S/C11H18/c1-6-7-8-10(4)11(5)9(2)3/h6-9H,5H2,1-4H3/b7-6-,10-8-. The lowest BCUT2D eigenvalue weighted by molar-refractivity contribution is 0.781. The molecule has 62 valence electrons. The molecule has 0 aliphatic rings. The van der Waals surface area contributed by atoms with Gasteiger partial charge in [0.1, 0.15) is 0 Å². The highest BCUT2D eigenvalue weighted by Gasteiger charge is 1.99. The van der Waals surface area contributed by atoms with Gasteiger partial charge in [0.2, 0.25) is 0 Å². The maximum Gasteiger partial charge on any atom is -0.0222 e. The predicted octanol–water partition coefficient (Wildman–Crippen LogP) is 3.72. The zero-order valence-electron chi connectivity index (χ0n) is 8.02. The highest BCUT2D eigenvalue weighted by atomic mass is 14.0. The molecule has 0 bridgehead atoms. The van der Waals surface area contributed by atoms with E-state index in [2.05, 4.69) is 33.4 Å². The molecule has 0 fully saturated rings. The number of hydrogen-bond acceptors (Lipinski definition) is 0. The molecule has 0 atom stereocenters. The minimum absolute atomic E-state index is 0.552. The zero-order chi connectivity index (χ0) is 8.85. The number of hydrogen-bond donors (Lipinski definition) is 0. The van der Waals surface area contributed by atoms with Crippen molar-refractivity contribution in [1.82, 2.24) is 0 Å². The summed E-state index contributed by atoms with van der Waals surface area (Å²) < 4.78 is 0. The molecule has 0 aromatic carbocycles. The van der Waals surface area contributed by atoms with Crippen LogP contribution >= 0.6 is 0 Å². The molecule has 0 aliphatic carbocycles. The van der Waals surface area contributed by atoms with Gasteiger partial charge in [-0.15, -0.1) is 0 Å². The summed E-state index contributed by atoms with van der Waals surface area (Å²) in [6.07, 6.45) is 6.17. The van der Waals surface area contributed by atoms with E-state index in [9.17, 15) is 0 Å². The fourth-order valence-corrected chi connectivity index (χ4v) is 0.803. The van der Waals surface area contributed by atoms with Gasteiger partial charge < -0.3 is 0 Å². The van der Waals surface area contributed by atoms with Crippen molar-refractivity contribution in [1.29, 1.82) is 0 Å². The molecule has 0 unspecified atom stereocenters. The Morgan fingerprint density at radius 3 is 2.27 bits per heavy atom. The van der Waals surface area contributed by atoms with Gasteiger partial charge in [0.15, 0.2) is 0 Å². The summed E-state index contributed by atoms with van der Waals surface area (Å²) in [6, 6.07) is 0. The van der Waals surface area contributed by atoms with E-state index in [0.29, 0.717) is 5.92 Å². The minimum atomic E-state index is 0.552. The second-order valence-electron chi connectivity index (χ2n) is 3.06. The SMILES string of the molecule is C=C(/C(C)=C\C=C/C)C(C)C. The Bertz CT molecular complexity index is 180. The lowest BCUT2D eigenvalue weighted by Gasteiger charge is -2.08. The van der Waals surface area contributed by atoms with E-state index in [-0.39, 0.29) is 0 Å². The van der Waals surface area contributed by atoms with E-state index in [1.54, 1.807) is 0 Å². The number of rotatable bonds is 3. The molecular weight excluding hydrogens is 132 g/mol. The van der Waals surface area contributed by atoms with E-state index in [0.717, 1.165) is 0 Å². The van der Waals surface area contributed by atoms with Crippen LogP contribution in [0.15, 0.2) is 36.0 Å². The molecule has 0 aliphatic heterocycles. The van der Waals surface area contributed by atoms with E-state index in [1.165, 1.54) is 11.1 Å². The Kier molecular flexibility index (Phi) is 4.60. The van der Waals surface area contributed by atoms with E-state index >= 15 is 0 Å². The van der Waals surface area contributed by atoms with Gasteiger partial charge in [0.25, 0.3) is 0 Å². The van der Waals surface area contributed by atoms with Crippen molar-refractivity contribution in [2.24, 2.45) is 5.92 Å². The Labute approximate surface area is 70.3 Å². The third-order valence-corrected chi connectivity index (χ3v) is 1.74. The van der Waals surface area contributed by atoms with E-state index in [1.807, 2.05) is 19.1 Å². The second-order valence-corrected chi connectivity index (χ2v) is 3.06. The van der Waals surface area contributed by atoms with Gasteiger partial charge in [-0.3, -0.25) is 0 Å². The van der Waals surface area contributed by atoms with Crippen LogP contribution in [0.25, 0.3) is 0 Å². The van der Waals surface area contributed by atoms with Crippen LogP contribution in [0.3, 0.4) is 0 Å². The largest absolute Gasteiger partial charge is 0.0953 e. The highest BCUT2D eigenvalue weighted by Crippen LogP contribution is 2.16. The zero-order valence-corrected chi connectivity index (χ0v) is 8.02. The molecule has 0 heterocycles. The molecule has 0 heteroatoms. The van der Waals surface area contributed by atoms with E-state index < -0.39 is 0 Å². The molecule has 0 saturated heterocycles. The Morgan fingerprint density at radius 1 is 1.36 bits per heavy atom. The summed E-state index contributed by atoms with van der Waals surface area (Å²) in [5, 5.41) is 0. The van der Waals surface area contributed by atoms with Crippen LogP contribution in [0.1, 0.15) is 27.7 Å². The van der Waals surface area contributed by atoms with Crippen molar-refractivity contribution in [3.8, 4) is 0 Å². The Balaban J connectivity index is 4.24. The molecule has 0 N–H and O–H groups in total. The molecule has 11 heavy (non-hydrogen) atoms. The maximum atomic E-state index is 4.00. The van der Waals surface area contributed by atoms with Crippen LogP contribution < -0.4 is 0 Å². The average molecular weight is 150 g/mol. The third-order valence-electron chi connectivity index (χ3n) is 1.74. The first kappa shape index (κ1) is 10.2. The van der Waals surface area contributed by atoms with Gasteiger partial charge in [-0.25, -0.2) is 0 Å². The van der Waals surface area contributed by atoms with Crippen molar-refractivity contribution in [2.45, 2.75) is 27.7 Å². The number of allylic oxidation sites excluding steroid dienone is 5.